The standard InChI is InChI=1S/C14H20N2O2S/c1-15-9-7-10-3-4-11(8-9)16(10)12-5-6-19-13(12)14(17)18-2/h5-6,9-11,15H,3-4,7-8H2,1-2H3. The number of hydrogen-bond acceptors (Lipinski definition) is 5. The van der Waals surface area contributed by atoms with Crippen molar-refractivity contribution in [3.05, 3.63) is 16.3 Å². The minimum atomic E-state index is -0.208. The number of anilines is 1. The van der Waals surface area contributed by atoms with Crippen molar-refractivity contribution in [3.8, 4) is 0 Å². The molecule has 0 aliphatic carbocycles. The minimum absolute atomic E-state index is 0.208. The van der Waals surface area contributed by atoms with E-state index in [2.05, 4.69) is 16.3 Å². The molecular formula is C14H20N2O2S. The Morgan fingerprint density at radius 2 is 2.11 bits per heavy atom. The fourth-order valence-corrected chi connectivity index (χ4v) is 4.36. The van der Waals surface area contributed by atoms with Crippen molar-refractivity contribution in [3.63, 3.8) is 0 Å². The van der Waals surface area contributed by atoms with Gasteiger partial charge in [0.1, 0.15) is 4.88 Å². The molecule has 2 aliphatic rings. The third-order valence-electron chi connectivity index (χ3n) is 4.43. The molecule has 2 fully saturated rings. The summed E-state index contributed by atoms with van der Waals surface area (Å²) in [5.41, 5.74) is 1.08. The van der Waals surface area contributed by atoms with E-state index in [1.165, 1.54) is 44.1 Å². The summed E-state index contributed by atoms with van der Waals surface area (Å²) in [6, 6.07) is 3.82. The van der Waals surface area contributed by atoms with Crippen LogP contribution in [0.25, 0.3) is 0 Å². The highest BCUT2D eigenvalue weighted by atomic mass is 32.1. The van der Waals surface area contributed by atoms with Crippen molar-refractivity contribution in [1.82, 2.24) is 5.32 Å². The van der Waals surface area contributed by atoms with E-state index in [9.17, 15) is 4.79 Å². The van der Waals surface area contributed by atoms with Gasteiger partial charge in [0.2, 0.25) is 0 Å². The van der Waals surface area contributed by atoms with E-state index in [0.717, 1.165) is 10.6 Å². The molecule has 0 amide bonds. The largest absolute Gasteiger partial charge is 0.465 e. The lowest BCUT2D eigenvalue weighted by molar-refractivity contribution is 0.0606. The second kappa shape index (κ2) is 5.13. The van der Waals surface area contributed by atoms with Crippen molar-refractivity contribution in [2.45, 2.75) is 43.8 Å². The molecule has 2 atom stereocenters. The topological polar surface area (TPSA) is 41.6 Å². The van der Waals surface area contributed by atoms with Crippen LogP contribution in [-0.4, -0.2) is 38.3 Å². The minimum Gasteiger partial charge on any atom is -0.465 e. The van der Waals surface area contributed by atoms with Crippen LogP contribution in [0.2, 0.25) is 0 Å². The summed E-state index contributed by atoms with van der Waals surface area (Å²) in [7, 11) is 3.50. The Balaban J connectivity index is 1.88. The van der Waals surface area contributed by atoms with E-state index >= 15 is 0 Å². The van der Waals surface area contributed by atoms with E-state index in [0.29, 0.717) is 18.1 Å². The molecule has 104 valence electrons. The third-order valence-corrected chi connectivity index (χ3v) is 5.32. The van der Waals surface area contributed by atoms with Gasteiger partial charge in [0.15, 0.2) is 0 Å². The Hall–Kier alpha value is -1.07. The molecule has 0 aromatic carbocycles. The highest BCUT2D eigenvalue weighted by Gasteiger charge is 2.41. The number of esters is 1. The molecule has 3 heterocycles. The Morgan fingerprint density at radius 3 is 2.68 bits per heavy atom. The number of nitrogens with one attached hydrogen (secondary N) is 1. The number of hydrogen-bond donors (Lipinski definition) is 1. The van der Waals surface area contributed by atoms with Crippen LogP contribution in [0.1, 0.15) is 35.4 Å². The summed E-state index contributed by atoms with van der Waals surface area (Å²) in [4.78, 5) is 15.1. The zero-order valence-electron chi connectivity index (χ0n) is 11.4. The monoisotopic (exact) mass is 280 g/mol. The maximum atomic E-state index is 11.8. The summed E-state index contributed by atoms with van der Waals surface area (Å²) in [6.07, 6.45) is 4.81. The molecule has 0 radical (unpaired) electrons. The number of ether oxygens (including phenoxy) is 1. The maximum absolute atomic E-state index is 11.8. The molecule has 2 aliphatic heterocycles. The molecule has 2 saturated heterocycles. The predicted molar refractivity (Wildman–Crippen MR) is 77.0 cm³/mol. The maximum Gasteiger partial charge on any atom is 0.350 e. The summed E-state index contributed by atoms with van der Waals surface area (Å²) < 4.78 is 4.89. The van der Waals surface area contributed by atoms with Gasteiger partial charge in [-0.15, -0.1) is 11.3 Å². The van der Waals surface area contributed by atoms with Crippen molar-refractivity contribution in [2.75, 3.05) is 19.1 Å². The quantitative estimate of drug-likeness (QED) is 0.862. The van der Waals surface area contributed by atoms with Crippen LogP contribution in [0.5, 0.6) is 0 Å². The molecule has 19 heavy (non-hydrogen) atoms. The highest BCUT2D eigenvalue weighted by molar-refractivity contribution is 7.12. The van der Waals surface area contributed by atoms with Crippen LogP contribution >= 0.6 is 11.3 Å². The van der Waals surface area contributed by atoms with Crippen LogP contribution < -0.4 is 10.2 Å². The van der Waals surface area contributed by atoms with E-state index in [4.69, 9.17) is 4.74 Å². The van der Waals surface area contributed by atoms with E-state index in [-0.39, 0.29) is 5.97 Å². The molecule has 1 N–H and O–H groups in total. The van der Waals surface area contributed by atoms with Crippen molar-refractivity contribution in [1.29, 1.82) is 0 Å². The van der Waals surface area contributed by atoms with Crippen LogP contribution in [0.4, 0.5) is 5.69 Å². The smallest absolute Gasteiger partial charge is 0.350 e. The van der Waals surface area contributed by atoms with Crippen LogP contribution in [0.15, 0.2) is 11.4 Å². The molecule has 1 aromatic rings. The van der Waals surface area contributed by atoms with E-state index in [1.54, 1.807) is 0 Å². The van der Waals surface area contributed by atoms with Crippen LogP contribution in [0.3, 0.4) is 0 Å². The molecule has 5 heteroatoms. The first-order valence-electron chi connectivity index (χ1n) is 6.86. The first-order chi connectivity index (χ1) is 9.24. The normalized spacial score (nSPS) is 29.6. The first-order valence-corrected chi connectivity index (χ1v) is 7.74. The summed E-state index contributed by atoms with van der Waals surface area (Å²) in [6.45, 7) is 0. The number of carbonyl (C=O) groups excluding carboxylic acids is 1. The van der Waals surface area contributed by atoms with Gasteiger partial charge in [0, 0.05) is 18.1 Å². The average Bonchev–Trinajstić information content (AvgIpc) is 2.99. The van der Waals surface area contributed by atoms with Gasteiger partial charge >= 0.3 is 5.97 Å². The first kappa shape index (κ1) is 12.9. The average molecular weight is 280 g/mol. The SMILES string of the molecule is CNC1CC2CCC(C1)N2c1ccsc1C(=O)OC. The molecular weight excluding hydrogens is 260 g/mol. The van der Waals surface area contributed by atoms with Gasteiger partial charge in [-0.1, -0.05) is 0 Å². The Bertz CT molecular complexity index is 460. The number of fused-ring (bicyclic) bond motifs is 2. The summed E-state index contributed by atoms with van der Waals surface area (Å²) >= 11 is 1.48. The van der Waals surface area contributed by atoms with E-state index in [1.807, 2.05) is 12.4 Å². The van der Waals surface area contributed by atoms with Crippen LogP contribution in [-0.2, 0) is 4.74 Å². The molecule has 0 spiro atoms. The van der Waals surface area contributed by atoms with Gasteiger partial charge in [-0.05, 0) is 44.2 Å². The zero-order valence-corrected chi connectivity index (χ0v) is 12.2. The molecule has 0 saturated carbocycles. The number of methoxy groups -OCH3 is 1. The fraction of sp³-hybridized carbons (Fsp3) is 0.643. The van der Waals surface area contributed by atoms with Gasteiger partial charge in [0.05, 0.1) is 12.8 Å². The summed E-state index contributed by atoms with van der Waals surface area (Å²) in [5, 5.41) is 5.39. The molecule has 3 rings (SSSR count). The molecule has 1 aromatic heterocycles. The second-order valence-corrected chi connectivity index (χ2v) is 6.29. The highest BCUT2D eigenvalue weighted by Crippen LogP contribution is 2.42. The number of rotatable bonds is 3. The fourth-order valence-electron chi connectivity index (χ4n) is 3.56. The molecule has 4 nitrogen and oxygen atoms in total. The zero-order chi connectivity index (χ0) is 13.4. The Labute approximate surface area is 117 Å². The number of thiophene rings is 1. The second-order valence-electron chi connectivity index (χ2n) is 5.38. The summed E-state index contributed by atoms with van der Waals surface area (Å²) in [5.74, 6) is -0.208. The van der Waals surface area contributed by atoms with Gasteiger partial charge in [-0.3, -0.25) is 0 Å². The molecule has 2 bridgehead atoms. The van der Waals surface area contributed by atoms with Crippen LogP contribution in [0, 0.1) is 0 Å². The van der Waals surface area contributed by atoms with Crippen molar-refractivity contribution >= 4 is 23.0 Å². The number of nitrogens with zero attached hydrogens (tertiary/aromatic N) is 1. The molecule has 2 unspecified atom stereocenters. The number of piperidine rings is 1. The lowest BCUT2D eigenvalue weighted by Crippen LogP contribution is -2.48. The van der Waals surface area contributed by atoms with Gasteiger partial charge in [-0.25, -0.2) is 4.79 Å². The number of carbonyl (C=O) groups is 1. The van der Waals surface area contributed by atoms with Gasteiger partial charge in [0.25, 0.3) is 0 Å². The Morgan fingerprint density at radius 1 is 1.42 bits per heavy atom. The van der Waals surface area contributed by atoms with Gasteiger partial charge in [-0.2, -0.15) is 0 Å². The lowest BCUT2D eigenvalue weighted by Gasteiger charge is -2.40. The van der Waals surface area contributed by atoms with Crippen molar-refractivity contribution < 1.29 is 9.53 Å². The Kier molecular flexibility index (Phi) is 3.50. The van der Waals surface area contributed by atoms with E-state index < -0.39 is 0 Å². The lowest BCUT2D eigenvalue weighted by atomic mass is 9.97. The predicted octanol–water partition coefficient (Wildman–Crippen LogP) is 2.25. The van der Waals surface area contributed by atoms with Crippen molar-refractivity contribution in [2.24, 2.45) is 0 Å². The van der Waals surface area contributed by atoms with Gasteiger partial charge < -0.3 is 15.0 Å². The third kappa shape index (κ3) is 2.15.